The molecule has 0 unspecified atom stereocenters. The van der Waals surface area contributed by atoms with Gasteiger partial charge in [-0.1, -0.05) is 0 Å². The first-order valence-corrected chi connectivity index (χ1v) is 4.28. The van der Waals surface area contributed by atoms with Gasteiger partial charge in [0.05, 0.1) is 0 Å². The molecule has 0 saturated heterocycles. The number of halogens is 1. The molecule has 0 rings (SSSR count). The quantitative estimate of drug-likeness (QED) is 0.724. The third-order valence-electron chi connectivity index (χ3n) is 1.70. The van der Waals surface area contributed by atoms with E-state index in [4.69, 9.17) is 5.11 Å². The maximum Gasteiger partial charge on any atom is 0.316 e. The average Bonchev–Trinajstić information content (AvgIpc) is 2.11. The SMILES string of the molecule is CC(=O)OCC(C)(COC(C)=O)C(=O)O.Cl. The van der Waals surface area contributed by atoms with Crippen LogP contribution < -0.4 is 0 Å². The van der Waals surface area contributed by atoms with Gasteiger partial charge in [-0.2, -0.15) is 0 Å². The van der Waals surface area contributed by atoms with Gasteiger partial charge in [0.25, 0.3) is 0 Å². The molecule has 0 saturated carbocycles. The molecule has 0 aliphatic rings. The van der Waals surface area contributed by atoms with Gasteiger partial charge in [-0.15, -0.1) is 12.4 Å². The fourth-order valence-electron chi connectivity index (χ4n) is 0.687. The molecular weight excluding hydrogens is 240 g/mol. The van der Waals surface area contributed by atoms with Gasteiger partial charge in [-0.3, -0.25) is 14.4 Å². The van der Waals surface area contributed by atoms with Crippen molar-refractivity contribution in [1.29, 1.82) is 0 Å². The minimum atomic E-state index is -1.41. The molecule has 0 amide bonds. The molecule has 0 atom stereocenters. The molecule has 0 fully saturated rings. The highest BCUT2D eigenvalue weighted by Crippen LogP contribution is 2.18. The summed E-state index contributed by atoms with van der Waals surface area (Å²) in [6.07, 6.45) is 0. The molecule has 0 aromatic rings. The number of ether oxygens (including phenoxy) is 2. The van der Waals surface area contributed by atoms with E-state index in [1.54, 1.807) is 0 Å². The summed E-state index contributed by atoms with van der Waals surface area (Å²) >= 11 is 0. The molecular formula is C9H15ClO6. The highest BCUT2D eigenvalue weighted by atomic mass is 35.5. The normalized spacial score (nSPS) is 9.94. The Morgan fingerprint density at radius 2 is 1.38 bits per heavy atom. The van der Waals surface area contributed by atoms with Crippen molar-refractivity contribution in [2.24, 2.45) is 5.41 Å². The maximum atomic E-state index is 10.9. The summed E-state index contributed by atoms with van der Waals surface area (Å²) < 4.78 is 9.18. The number of carboxylic acid groups (broad SMARTS) is 1. The summed E-state index contributed by atoms with van der Waals surface area (Å²) in [4.78, 5) is 31.9. The molecule has 6 nitrogen and oxygen atoms in total. The second kappa shape index (κ2) is 7.05. The lowest BCUT2D eigenvalue weighted by Crippen LogP contribution is -2.38. The highest BCUT2D eigenvalue weighted by molar-refractivity contribution is 5.85. The Kier molecular flexibility index (Phi) is 7.54. The molecule has 0 bridgehead atoms. The number of hydrogen-bond acceptors (Lipinski definition) is 5. The number of carbonyl (C=O) groups excluding carboxylic acids is 2. The van der Waals surface area contributed by atoms with Crippen LogP contribution in [0.4, 0.5) is 0 Å². The Labute approximate surface area is 99.3 Å². The van der Waals surface area contributed by atoms with Gasteiger partial charge >= 0.3 is 17.9 Å². The molecule has 0 spiro atoms. The molecule has 0 aliphatic carbocycles. The topological polar surface area (TPSA) is 89.9 Å². The van der Waals surface area contributed by atoms with Crippen LogP contribution in [0.3, 0.4) is 0 Å². The van der Waals surface area contributed by atoms with E-state index in [1.165, 1.54) is 20.8 Å². The molecule has 0 radical (unpaired) electrons. The van der Waals surface area contributed by atoms with E-state index in [-0.39, 0.29) is 25.6 Å². The summed E-state index contributed by atoms with van der Waals surface area (Å²) in [6.45, 7) is 3.03. The van der Waals surface area contributed by atoms with Crippen molar-refractivity contribution >= 4 is 30.3 Å². The van der Waals surface area contributed by atoms with E-state index in [0.29, 0.717) is 0 Å². The average molecular weight is 255 g/mol. The van der Waals surface area contributed by atoms with Crippen molar-refractivity contribution in [1.82, 2.24) is 0 Å². The summed E-state index contributed by atoms with van der Waals surface area (Å²) in [5, 5.41) is 8.88. The van der Waals surface area contributed by atoms with Gasteiger partial charge < -0.3 is 14.6 Å². The molecule has 16 heavy (non-hydrogen) atoms. The minimum absolute atomic E-state index is 0. The Morgan fingerprint density at radius 3 is 1.56 bits per heavy atom. The number of carboxylic acids is 1. The Morgan fingerprint density at radius 1 is 1.06 bits per heavy atom. The molecule has 0 aromatic carbocycles. The van der Waals surface area contributed by atoms with Crippen LogP contribution >= 0.6 is 12.4 Å². The Hall–Kier alpha value is -1.30. The fourth-order valence-corrected chi connectivity index (χ4v) is 0.687. The predicted molar refractivity (Wildman–Crippen MR) is 56.3 cm³/mol. The van der Waals surface area contributed by atoms with E-state index >= 15 is 0 Å². The minimum Gasteiger partial charge on any atom is -0.481 e. The van der Waals surface area contributed by atoms with Crippen molar-refractivity contribution in [2.75, 3.05) is 13.2 Å². The van der Waals surface area contributed by atoms with Crippen LogP contribution in [-0.4, -0.2) is 36.2 Å². The fraction of sp³-hybridized carbons (Fsp3) is 0.667. The molecule has 1 N–H and O–H groups in total. The van der Waals surface area contributed by atoms with Crippen LogP contribution in [0.1, 0.15) is 20.8 Å². The van der Waals surface area contributed by atoms with Gasteiger partial charge in [0, 0.05) is 13.8 Å². The molecule has 7 heteroatoms. The zero-order valence-electron chi connectivity index (χ0n) is 9.31. The number of hydrogen-bond donors (Lipinski definition) is 1. The first-order valence-electron chi connectivity index (χ1n) is 4.28. The maximum absolute atomic E-state index is 10.9. The summed E-state index contributed by atoms with van der Waals surface area (Å²) in [7, 11) is 0. The monoisotopic (exact) mass is 254 g/mol. The van der Waals surface area contributed by atoms with E-state index in [0.717, 1.165) is 0 Å². The zero-order valence-corrected chi connectivity index (χ0v) is 10.1. The second-order valence-corrected chi connectivity index (χ2v) is 3.43. The van der Waals surface area contributed by atoms with Gasteiger partial charge in [0.1, 0.15) is 18.6 Å². The highest BCUT2D eigenvalue weighted by Gasteiger charge is 2.36. The number of esters is 2. The van der Waals surface area contributed by atoms with E-state index in [9.17, 15) is 14.4 Å². The van der Waals surface area contributed by atoms with Crippen molar-refractivity contribution in [3.8, 4) is 0 Å². The number of aliphatic carboxylic acids is 1. The molecule has 0 aliphatic heterocycles. The van der Waals surface area contributed by atoms with Gasteiger partial charge in [0.15, 0.2) is 0 Å². The first kappa shape index (κ1) is 17.1. The van der Waals surface area contributed by atoms with Crippen LogP contribution in [0.2, 0.25) is 0 Å². The van der Waals surface area contributed by atoms with Crippen LogP contribution in [-0.2, 0) is 23.9 Å². The number of rotatable bonds is 5. The van der Waals surface area contributed by atoms with Crippen LogP contribution in [0.5, 0.6) is 0 Å². The summed E-state index contributed by atoms with van der Waals surface area (Å²) in [5.74, 6) is -2.35. The second-order valence-electron chi connectivity index (χ2n) is 3.43. The Bertz CT molecular complexity index is 257. The lowest BCUT2D eigenvalue weighted by molar-refractivity contribution is -0.164. The van der Waals surface area contributed by atoms with E-state index in [1.807, 2.05) is 0 Å². The third-order valence-corrected chi connectivity index (χ3v) is 1.70. The lowest BCUT2D eigenvalue weighted by Gasteiger charge is -2.23. The lowest BCUT2D eigenvalue weighted by atomic mass is 9.93. The molecule has 0 aromatic heterocycles. The first-order chi connectivity index (χ1) is 6.78. The van der Waals surface area contributed by atoms with Crippen LogP contribution in [0, 0.1) is 5.41 Å². The van der Waals surface area contributed by atoms with Crippen molar-refractivity contribution < 1.29 is 29.0 Å². The number of carbonyl (C=O) groups is 3. The smallest absolute Gasteiger partial charge is 0.316 e. The van der Waals surface area contributed by atoms with Gasteiger partial charge in [-0.05, 0) is 6.92 Å². The predicted octanol–water partition coefficient (Wildman–Crippen LogP) is 0.625. The van der Waals surface area contributed by atoms with Crippen LogP contribution in [0.25, 0.3) is 0 Å². The standard InChI is InChI=1S/C9H14O6.ClH/c1-6(10)14-4-9(3,8(12)13)5-15-7(2)11;/h4-5H2,1-3H3,(H,12,13);1H. The Balaban J connectivity index is 0. The summed E-state index contributed by atoms with van der Waals surface area (Å²) in [6, 6.07) is 0. The zero-order chi connectivity index (χ0) is 12.1. The van der Waals surface area contributed by atoms with E-state index in [2.05, 4.69) is 9.47 Å². The molecule has 94 valence electrons. The largest absolute Gasteiger partial charge is 0.481 e. The third kappa shape index (κ3) is 6.23. The van der Waals surface area contributed by atoms with Crippen molar-refractivity contribution in [3.63, 3.8) is 0 Å². The van der Waals surface area contributed by atoms with Crippen molar-refractivity contribution in [3.05, 3.63) is 0 Å². The molecule has 0 heterocycles. The van der Waals surface area contributed by atoms with Gasteiger partial charge in [-0.25, -0.2) is 0 Å². The summed E-state index contributed by atoms with van der Waals surface area (Å²) in [5.41, 5.74) is -1.41. The van der Waals surface area contributed by atoms with Crippen LogP contribution in [0.15, 0.2) is 0 Å². The van der Waals surface area contributed by atoms with Gasteiger partial charge in [0.2, 0.25) is 0 Å². The van der Waals surface area contributed by atoms with Crippen molar-refractivity contribution in [2.45, 2.75) is 20.8 Å². The van der Waals surface area contributed by atoms with E-state index < -0.39 is 23.3 Å².